The molecule has 3 N–H and O–H groups in total. The number of hydrogen-bond acceptors (Lipinski definition) is 4. The van der Waals surface area contributed by atoms with Crippen molar-refractivity contribution in [2.75, 3.05) is 6.61 Å². The molecule has 0 aromatic carbocycles. The highest BCUT2D eigenvalue weighted by molar-refractivity contribution is 5.74. The fraction of sp³-hybridized carbons (Fsp3) is 0.944. The number of carbonyl (C=O) groups excluding carboxylic acids is 1. The van der Waals surface area contributed by atoms with Crippen LogP contribution in [0.4, 0.5) is 13.2 Å². The molecule has 5 nitrogen and oxygen atoms in total. The highest BCUT2D eigenvalue weighted by atomic mass is 35.5. The molecule has 1 aliphatic carbocycles. The second-order valence-electron chi connectivity index (χ2n) is 7.40. The average Bonchev–Trinajstić information content (AvgIpc) is 3.06. The molecule has 1 heterocycles. The number of rotatable bonds is 6. The molecule has 0 amide bonds. The minimum atomic E-state index is -4.19. The summed E-state index contributed by atoms with van der Waals surface area (Å²) in [6.45, 7) is 1.68. The third-order valence-corrected chi connectivity index (χ3v) is 5.09. The summed E-state index contributed by atoms with van der Waals surface area (Å²) < 4.78 is 54.5. The van der Waals surface area contributed by atoms with Crippen LogP contribution in [0.3, 0.4) is 0 Å². The molecule has 1 aliphatic heterocycles. The predicted octanol–water partition coefficient (Wildman–Crippen LogP) is -0.228. The smallest absolute Gasteiger partial charge is 0.389 e. The summed E-state index contributed by atoms with van der Waals surface area (Å²) >= 11 is 0. The van der Waals surface area contributed by atoms with Crippen molar-refractivity contribution in [3.63, 3.8) is 0 Å². The van der Waals surface area contributed by atoms with E-state index in [2.05, 4.69) is 5.73 Å². The van der Waals surface area contributed by atoms with Crippen LogP contribution in [0, 0.1) is 0 Å². The van der Waals surface area contributed by atoms with Gasteiger partial charge >= 0.3 is 12.1 Å². The number of quaternary nitrogens is 1. The van der Waals surface area contributed by atoms with E-state index < -0.39 is 30.8 Å². The lowest BCUT2D eigenvalue weighted by Gasteiger charge is -2.32. The van der Waals surface area contributed by atoms with E-state index in [4.69, 9.17) is 14.2 Å². The minimum absolute atomic E-state index is 0. The van der Waals surface area contributed by atoms with Gasteiger partial charge in [-0.25, -0.2) is 4.79 Å². The third kappa shape index (κ3) is 8.54. The Hall–Kier alpha value is -0.570. The molecule has 4 atom stereocenters. The van der Waals surface area contributed by atoms with Crippen molar-refractivity contribution in [2.24, 2.45) is 0 Å². The van der Waals surface area contributed by atoms with E-state index in [0.717, 1.165) is 32.1 Å². The molecule has 27 heavy (non-hydrogen) atoms. The van der Waals surface area contributed by atoms with Crippen molar-refractivity contribution >= 4 is 5.97 Å². The molecule has 0 unspecified atom stereocenters. The maximum Gasteiger partial charge on any atom is 0.389 e. The molecule has 0 bridgehead atoms. The van der Waals surface area contributed by atoms with Crippen molar-refractivity contribution in [3.05, 3.63) is 0 Å². The zero-order chi connectivity index (χ0) is 19.2. The van der Waals surface area contributed by atoms with Crippen LogP contribution >= 0.6 is 0 Å². The molecule has 160 valence electrons. The van der Waals surface area contributed by atoms with Crippen molar-refractivity contribution in [2.45, 2.75) is 101 Å². The largest absolute Gasteiger partial charge is 1.00 e. The zero-order valence-corrected chi connectivity index (χ0v) is 16.6. The summed E-state index contributed by atoms with van der Waals surface area (Å²) in [6, 6.07) is -0.437. The first-order chi connectivity index (χ1) is 12.3. The van der Waals surface area contributed by atoms with Crippen molar-refractivity contribution < 1.29 is 50.3 Å². The van der Waals surface area contributed by atoms with Gasteiger partial charge in [0.2, 0.25) is 0 Å². The number of halogens is 4. The van der Waals surface area contributed by atoms with Crippen LogP contribution in [-0.2, 0) is 19.0 Å². The number of esters is 1. The number of cyclic esters (lactones) is 1. The summed E-state index contributed by atoms with van der Waals surface area (Å²) in [4.78, 5) is 12.1. The van der Waals surface area contributed by atoms with Crippen LogP contribution in [-0.4, -0.2) is 49.2 Å². The first-order valence-electron chi connectivity index (χ1n) is 9.63. The number of hydrogen-bond donors (Lipinski definition) is 1. The Morgan fingerprint density at radius 1 is 1.15 bits per heavy atom. The van der Waals surface area contributed by atoms with Crippen molar-refractivity contribution in [1.82, 2.24) is 0 Å². The van der Waals surface area contributed by atoms with Gasteiger partial charge in [0, 0.05) is 19.4 Å². The standard InChI is InChI=1S/C18H30F3NO4.ClH/c1-12-16(24-11-5-10-18(19,20)21)15(26-13-6-2-3-7-13)9-4-8-14(22)17(23)25-12;/h12-16H,2-11,22H2,1H3;1H/t12-,14-,15-,16-;/m0./s1. The lowest BCUT2D eigenvalue weighted by Crippen LogP contribution is -3.00. The average molecular weight is 418 g/mol. The van der Waals surface area contributed by atoms with Gasteiger partial charge in [-0.15, -0.1) is 0 Å². The van der Waals surface area contributed by atoms with E-state index in [1.165, 1.54) is 0 Å². The number of ether oxygens (including phenoxy) is 3. The van der Waals surface area contributed by atoms with Crippen LogP contribution in [0.5, 0.6) is 0 Å². The molecular formula is C18H31ClF3NO4. The SMILES string of the molecule is C[C@@H]1OC(=O)[C@@H]([NH3+])CCC[C@H](OC2CCCC2)[C@H]1OCCCC(F)(F)F.[Cl-]. The summed E-state index contributed by atoms with van der Waals surface area (Å²) in [5.41, 5.74) is 3.83. The van der Waals surface area contributed by atoms with E-state index in [-0.39, 0.29) is 43.6 Å². The van der Waals surface area contributed by atoms with E-state index in [1.807, 2.05) is 0 Å². The lowest BCUT2D eigenvalue weighted by molar-refractivity contribution is -0.410. The molecule has 0 spiro atoms. The number of carbonyl (C=O) groups is 1. The first-order valence-corrected chi connectivity index (χ1v) is 9.63. The summed E-state index contributed by atoms with van der Waals surface area (Å²) in [7, 11) is 0. The Labute approximate surface area is 164 Å². The van der Waals surface area contributed by atoms with E-state index in [1.54, 1.807) is 6.92 Å². The molecular weight excluding hydrogens is 387 g/mol. The molecule has 2 rings (SSSR count). The van der Waals surface area contributed by atoms with E-state index in [9.17, 15) is 18.0 Å². The molecule has 0 aromatic rings. The van der Waals surface area contributed by atoms with Gasteiger partial charge in [0.05, 0.1) is 12.2 Å². The molecule has 0 aromatic heterocycles. The Bertz CT molecular complexity index is 447. The zero-order valence-electron chi connectivity index (χ0n) is 15.8. The normalized spacial score (nSPS) is 30.8. The van der Waals surface area contributed by atoms with Gasteiger partial charge in [0.15, 0.2) is 6.04 Å². The summed E-state index contributed by atoms with van der Waals surface area (Å²) in [5, 5.41) is 0. The van der Waals surface area contributed by atoms with Crippen LogP contribution < -0.4 is 18.1 Å². The quantitative estimate of drug-likeness (QED) is 0.479. The van der Waals surface area contributed by atoms with Crippen molar-refractivity contribution in [1.29, 1.82) is 0 Å². The molecule has 2 aliphatic rings. The molecule has 0 radical (unpaired) electrons. The monoisotopic (exact) mass is 417 g/mol. The van der Waals surface area contributed by atoms with Crippen LogP contribution in [0.15, 0.2) is 0 Å². The van der Waals surface area contributed by atoms with Crippen molar-refractivity contribution in [3.8, 4) is 0 Å². The Morgan fingerprint density at radius 2 is 1.81 bits per heavy atom. The van der Waals surface area contributed by atoms with Gasteiger partial charge in [-0.1, -0.05) is 12.8 Å². The predicted molar refractivity (Wildman–Crippen MR) is 88.2 cm³/mol. The van der Waals surface area contributed by atoms with Crippen LogP contribution in [0.1, 0.15) is 64.7 Å². The van der Waals surface area contributed by atoms with Gasteiger partial charge in [-0.05, 0) is 39.0 Å². The minimum Gasteiger partial charge on any atom is -1.00 e. The highest BCUT2D eigenvalue weighted by Gasteiger charge is 2.37. The van der Waals surface area contributed by atoms with Crippen LogP contribution in [0.2, 0.25) is 0 Å². The number of alkyl halides is 3. The topological polar surface area (TPSA) is 72.4 Å². The van der Waals surface area contributed by atoms with E-state index >= 15 is 0 Å². The second kappa shape index (κ2) is 11.4. The van der Waals surface area contributed by atoms with Gasteiger partial charge in [-0.2, -0.15) is 13.2 Å². The Kier molecular flexibility index (Phi) is 10.4. The van der Waals surface area contributed by atoms with Gasteiger partial charge in [0.1, 0.15) is 12.2 Å². The van der Waals surface area contributed by atoms with Gasteiger partial charge in [0.25, 0.3) is 0 Å². The Balaban J connectivity index is 0.00000364. The van der Waals surface area contributed by atoms with E-state index in [0.29, 0.717) is 12.8 Å². The summed E-state index contributed by atoms with van der Waals surface area (Å²) in [6.07, 6.45) is -0.191. The molecule has 1 saturated carbocycles. The fourth-order valence-electron chi connectivity index (χ4n) is 3.65. The van der Waals surface area contributed by atoms with Crippen LogP contribution in [0.25, 0.3) is 0 Å². The molecule has 1 saturated heterocycles. The second-order valence-corrected chi connectivity index (χ2v) is 7.40. The summed E-state index contributed by atoms with van der Waals surface area (Å²) in [5.74, 6) is -0.386. The maximum atomic E-state index is 12.4. The lowest BCUT2D eigenvalue weighted by atomic mass is 10.0. The molecule has 9 heteroatoms. The van der Waals surface area contributed by atoms with Gasteiger partial charge < -0.3 is 32.4 Å². The maximum absolute atomic E-state index is 12.4. The third-order valence-electron chi connectivity index (χ3n) is 5.09. The fourth-order valence-corrected chi connectivity index (χ4v) is 3.65. The Morgan fingerprint density at radius 3 is 2.44 bits per heavy atom. The van der Waals surface area contributed by atoms with Gasteiger partial charge in [-0.3, -0.25) is 0 Å². The molecule has 2 fully saturated rings. The first kappa shape index (κ1) is 24.5. The highest BCUT2D eigenvalue weighted by Crippen LogP contribution is 2.28.